The minimum atomic E-state index is 0. The molecule has 0 aromatic rings. The molecule has 0 bridgehead atoms. The third-order valence-electron chi connectivity index (χ3n) is 1.90. The molecule has 1 fully saturated rings. The fraction of sp³-hybridized carbons (Fsp3) is 0.750. The number of allylic oxidation sites excluding steroid dienone is 1. The summed E-state index contributed by atoms with van der Waals surface area (Å²) in [5, 5.41) is 3.37. The molecule has 0 aromatic heterocycles. The van der Waals surface area contributed by atoms with E-state index in [1.165, 1.54) is 32.4 Å². The van der Waals surface area contributed by atoms with Crippen LogP contribution >= 0.6 is 12.4 Å². The van der Waals surface area contributed by atoms with Gasteiger partial charge in [0.1, 0.15) is 0 Å². The van der Waals surface area contributed by atoms with Gasteiger partial charge in [-0.3, -0.25) is 0 Å². The number of piperidine rings is 1. The largest absolute Gasteiger partial charge is 0.316 e. The van der Waals surface area contributed by atoms with Gasteiger partial charge in [0.15, 0.2) is 0 Å². The highest BCUT2D eigenvalue weighted by molar-refractivity contribution is 5.85. The average molecular weight is 162 g/mol. The number of rotatable bonds is 2. The fourth-order valence-electron chi connectivity index (χ4n) is 1.36. The monoisotopic (exact) mass is 161 g/mol. The molecule has 1 saturated heterocycles. The van der Waals surface area contributed by atoms with Crippen LogP contribution in [0.4, 0.5) is 0 Å². The van der Waals surface area contributed by atoms with E-state index < -0.39 is 0 Å². The van der Waals surface area contributed by atoms with Crippen molar-refractivity contribution in [2.45, 2.75) is 19.3 Å². The van der Waals surface area contributed by atoms with Gasteiger partial charge in [-0.1, -0.05) is 6.08 Å². The van der Waals surface area contributed by atoms with E-state index in [9.17, 15) is 0 Å². The highest BCUT2D eigenvalue weighted by Gasteiger charge is 2.09. The third kappa shape index (κ3) is 3.23. The van der Waals surface area contributed by atoms with Crippen molar-refractivity contribution in [3.8, 4) is 0 Å². The van der Waals surface area contributed by atoms with Gasteiger partial charge in [-0.05, 0) is 38.3 Å². The zero-order chi connectivity index (χ0) is 6.53. The summed E-state index contributed by atoms with van der Waals surface area (Å²) < 4.78 is 0. The van der Waals surface area contributed by atoms with Gasteiger partial charge in [0.2, 0.25) is 0 Å². The van der Waals surface area contributed by atoms with E-state index in [0.717, 1.165) is 5.92 Å². The molecule has 0 saturated carbocycles. The van der Waals surface area contributed by atoms with Crippen LogP contribution in [0.1, 0.15) is 19.3 Å². The van der Waals surface area contributed by atoms with Crippen molar-refractivity contribution in [2.75, 3.05) is 13.1 Å². The molecule has 1 atom stereocenters. The molecule has 1 nitrogen and oxygen atoms in total. The average Bonchev–Trinajstić information content (AvgIpc) is 1.91. The molecule has 0 radical (unpaired) electrons. The van der Waals surface area contributed by atoms with Gasteiger partial charge >= 0.3 is 0 Å². The van der Waals surface area contributed by atoms with Gasteiger partial charge < -0.3 is 5.32 Å². The molecular weight excluding hydrogens is 146 g/mol. The Hall–Kier alpha value is -0.0100. The second-order valence-corrected chi connectivity index (χ2v) is 2.74. The van der Waals surface area contributed by atoms with Crippen LogP contribution in [0.15, 0.2) is 12.7 Å². The Balaban J connectivity index is 0.000000810. The van der Waals surface area contributed by atoms with E-state index in [1.54, 1.807) is 0 Å². The van der Waals surface area contributed by atoms with Crippen molar-refractivity contribution in [3.63, 3.8) is 0 Å². The molecule has 60 valence electrons. The van der Waals surface area contributed by atoms with E-state index >= 15 is 0 Å². The van der Waals surface area contributed by atoms with Gasteiger partial charge in [0.05, 0.1) is 0 Å². The second-order valence-electron chi connectivity index (χ2n) is 2.74. The van der Waals surface area contributed by atoms with Gasteiger partial charge in [0, 0.05) is 0 Å². The molecule has 0 aromatic carbocycles. The number of hydrogen-bond donors (Lipinski definition) is 1. The summed E-state index contributed by atoms with van der Waals surface area (Å²) in [6, 6.07) is 0. The molecule has 1 aliphatic heterocycles. The molecule has 0 spiro atoms. The number of nitrogens with one attached hydrogen (secondary N) is 1. The standard InChI is InChI=1S/C8H15N.ClH/c1-2-4-8-5-3-6-9-7-8;/h2,8-9H,1,3-7H2;1H. The van der Waals surface area contributed by atoms with Crippen LogP contribution in [-0.2, 0) is 0 Å². The number of hydrogen-bond acceptors (Lipinski definition) is 1. The summed E-state index contributed by atoms with van der Waals surface area (Å²) in [5.41, 5.74) is 0. The molecule has 1 N–H and O–H groups in total. The van der Waals surface area contributed by atoms with Crippen molar-refractivity contribution in [2.24, 2.45) is 5.92 Å². The summed E-state index contributed by atoms with van der Waals surface area (Å²) in [6.07, 6.45) is 5.95. The molecule has 2 heteroatoms. The summed E-state index contributed by atoms with van der Waals surface area (Å²) in [5.74, 6) is 0.872. The number of halogens is 1. The summed E-state index contributed by atoms with van der Waals surface area (Å²) in [4.78, 5) is 0. The van der Waals surface area contributed by atoms with Gasteiger partial charge in [-0.2, -0.15) is 0 Å². The fourth-order valence-corrected chi connectivity index (χ4v) is 1.36. The molecule has 0 aliphatic carbocycles. The minimum absolute atomic E-state index is 0. The van der Waals surface area contributed by atoms with Gasteiger partial charge in [0.25, 0.3) is 0 Å². The quantitative estimate of drug-likeness (QED) is 0.611. The van der Waals surface area contributed by atoms with Gasteiger partial charge in [-0.15, -0.1) is 19.0 Å². The predicted molar refractivity (Wildman–Crippen MR) is 47.7 cm³/mol. The second kappa shape index (κ2) is 5.75. The van der Waals surface area contributed by atoms with E-state index in [2.05, 4.69) is 11.9 Å². The highest BCUT2D eigenvalue weighted by atomic mass is 35.5. The first-order valence-corrected chi connectivity index (χ1v) is 3.75. The van der Waals surface area contributed by atoms with Crippen LogP contribution in [0.3, 0.4) is 0 Å². The molecule has 1 unspecified atom stereocenters. The normalized spacial score (nSPS) is 25.0. The first-order chi connectivity index (χ1) is 4.43. The Kier molecular flexibility index (Phi) is 5.74. The van der Waals surface area contributed by atoms with Crippen LogP contribution in [0, 0.1) is 5.92 Å². The van der Waals surface area contributed by atoms with Crippen LogP contribution in [0.25, 0.3) is 0 Å². The smallest absolute Gasteiger partial charge is 0.00175 e. The van der Waals surface area contributed by atoms with Crippen LogP contribution < -0.4 is 5.32 Å². The van der Waals surface area contributed by atoms with Crippen LogP contribution in [0.2, 0.25) is 0 Å². The Morgan fingerprint density at radius 2 is 2.40 bits per heavy atom. The Labute approximate surface area is 69.3 Å². The predicted octanol–water partition coefficient (Wildman–Crippen LogP) is 1.98. The molecule has 1 aliphatic rings. The minimum Gasteiger partial charge on any atom is -0.316 e. The van der Waals surface area contributed by atoms with Crippen molar-refractivity contribution < 1.29 is 0 Å². The zero-order valence-electron chi connectivity index (χ0n) is 6.31. The first kappa shape index (κ1) is 9.99. The maximum Gasteiger partial charge on any atom is -0.00175 e. The Morgan fingerprint density at radius 3 is 2.90 bits per heavy atom. The van der Waals surface area contributed by atoms with Gasteiger partial charge in [-0.25, -0.2) is 0 Å². The molecule has 0 amide bonds. The maximum absolute atomic E-state index is 3.73. The SMILES string of the molecule is C=CCC1CCCNC1.Cl. The Morgan fingerprint density at radius 1 is 1.60 bits per heavy atom. The Bertz CT molecular complexity index is 87.3. The molecule has 10 heavy (non-hydrogen) atoms. The topological polar surface area (TPSA) is 12.0 Å². The van der Waals surface area contributed by atoms with E-state index in [-0.39, 0.29) is 12.4 Å². The van der Waals surface area contributed by atoms with E-state index in [1.807, 2.05) is 6.08 Å². The summed E-state index contributed by atoms with van der Waals surface area (Å²) >= 11 is 0. The van der Waals surface area contributed by atoms with Crippen molar-refractivity contribution in [1.82, 2.24) is 5.32 Å². The first-order valence-electron chi connectivity index (χ1n) is 3.75. The lowest BCUT2D eigenvalue weighted by atomic mass is 9.96. The van der Waals surface area contributed by atoms with E-state index in [4.69, 9.17) is 0 Å². The van der Waals surface area contributed by atoms with Crippen molar-refractivity contribution >= 4 is 12.4 Å². The maximum atomic E-state index is 3.73. The highest BCUT2D eigenvalue weighted by Crippen LogP contribution is 2.13. The summed E-state index contributed by atoms with van der Waals surface area (Å²) in [6.45, 7) is 6.14. The van der Waals surface area contributed by atoms with Crippen LogP contribution in [-0.4, -0.2) is 13.1 Å². The van der Waals surface area contributed by atoms with Crippen molar-refractivity contribution in [1.29, 1.82) is 0 Å². The van der Waals surface area contributed by atoms with Crippen LogP contribution in [0.5, 0.6) is 0 Å². The summed E-state index contributed by atoms with van der Waals surface area (Å²) in [7, 11) is 0. The lowest BCUT2D eigenvalue weighted by Gasteiger charge is -2.20. The zero-order valence-corrected chi connectivity index (χ0v) is 7.12. The van der Waals surface area contributed by atoms with Crippen molar-refractivity contribution in [3.05, 3.63) is 12.7 Å². The lowest BCUT2D eigenvalue weighted by Crippen LogP contribution is -2.29. The lowest BCUT2D eigenvalue weighted by molar-refractivity contribution is 0.381. The molecule has 1 heterocycles. The molecular formula is C8H16ClN. The molecule has 1 rings (SSSR count). The third-order valence-corrected chi connectivity index (χ3v) is 1.90. The van der Waals surface area contributed by atoms with E-state index in [0.29, 0.717) is 0 Å².